The first-order valence-corrected chi connectivity index (χ1v) is 9.72. The first-order chi connectivity index (χ1) is 12.7. The van der Waals surface area contributed by atoms with Gasteiger partial charge in [-0.15, -0.1) is 0 Å². The number of likely N-dealkylation sites (tertiary alicyclic amines) is 2. The number of rotatable bonds is 5. The SMILES string of the molecule is CN1CC[C@@H](COCc2ccccn2)CC12CN(C(=O)[C@@H]1CCOC1)C2. The monoisotopic (exact) mass is 359 g/mol. The van der Waals surface area contributed by atoms with E-state index in [0.717, 1.165) is 57.8 Å². The van der Waals surface area contributed by atoms with Gasteiger partial charge in [0.2, 0.25) is 5.91 Å². The molecule has 0 aliphatic carbocycles. The number of aromatic nitrogens is 1. The summed E-state index contributed by atoms with van der Waals surface area (Å²) in [5.74, 6) is 0.927. The Bertz CT molecular complexity index is 612. The minimum atomic E-state index is 0.0822. The molecule has 6 heteroatoms. The molecular weight excluding hydrogens is 330 g/mol. The lowest BCUT2D eigenvalue weighted by Crippen LogP contribution is -2.73. The van der Waals surface area contributed by atoms with Crippen molar-refractivity contribution in [1.82, 2.24) is 14.8 Å². The smallest absolute Gasteiger partial charge is 0.228 e. The molecule has 0 radical (unpaired) electrons. The van der Waals surface area contributed by atoms with E-state index in [2.05, 4.69) is 16.9 Å². The van der Waals surface area contributed by atoms with Crippen LogP contribution in [0.4, 0.5) is 0 Å². The number of amides is 1. The molecule has 0 bridgehead atoms. The molecule has 1 aromatic rings. The van der Waals surface area contributed by atoms with Crippen LogP contribution in [-0.4, -0.2) is 72.7 Å². The molecule has 3 aliphatic heterocycles. The van der Waals surface area contributed by atoms with Gasteiger partial charge in [0, 0.05) is 25.9 Å². The lowest BCUT2D eigenvalue weighted by molar-refractivity contribution is -0.155. The number of likely N-dealkylation sites (N-methyl/N-ethyl adjacent to an activating group) is 1. The lowest BCUT2D eigenvalue weighted by Gasteiger charge is -2.59. The summed E-state index contributed by atoms with van der Waals surface area (Å²) in [7, 11) is 2.20. The van der Waals surface area contributed by atoms with Gasteiger partial charge < -0.3 is 14.4 Å². The van der Waals surface area contributed by atoms with Crippen molar-refractivity contribution >= 4 is 5.91 Å². The molecule has 2 atom stereocenters. The second kappa shape index (κ2) is 7.62. The van der Waals surface area contributed by atoms with Crippen molar-refractivity contribution in [3.8, 4) is 0 Å². The van der Waals surface area contributed by atoms with Gasteiger partial charge in [0.1, 0.15) is 0 Å². The van der Waals surface area contributed by atoms with Crippen LogP contribution in [0.1, 0.15) is 25.0 Å². The first kappa shape index (κ1) is 17.9. The Labute approximate surface area is 155 Å². The first-order valence-electron chi connectivity index (χ1n) is 9.72. The third-order valence-corrected chi connectivity index (χ3v) is 6.24. The minimum absolute atomic E-state index is 0.0822. The molecule has 4 heterocycles. The summed E-state index contributed by atoms with van der Waals surface area (Å²) in [4.78, 5) is 21.4. The van der Waals surface area contributed by atoms with E-state index in [1.54, 1.807) is 6.20 Å². The highest BCUT2D eigenvalue weighted by atomic mass is 16.5. The molecule has 142 valence electrons. The van der Waals surface area contributed by atoms with Gasteiger partial charge >= 0.3 is 0 Å². The Morgan fingerprint density at radius 1 is 1.38 bits per heavy atom. The largest absolute Gasteiger partial charge is 0.381 e. The summed E-state index contributed by atoms with van der Waals surface area (Å²) in [6.45, 7) is 5.47. The molecule has 3 aliphatic rings. The predicted octanol–water partition coefficient (Wildman–Crippen LogP) is 1.56. The van der Waals surface area contributed by atoms with E-state index in [1.807, 2.05) is 23.1 Å². The van der Waals surface area contributed by atoms with Crippen LogP contribution in [0.15, 0.2) is 24.4 Å². The zero-order valence-corrected chi connectivity index (χ0v) is 15.6. The Balaban J connectivity index is 1.26. The number of ether oxygens (including phenoxy) is 2. The molecular formula is C20H29N3O3. The van der Waals surface area contributed by atoms with Gasteiger partial charge in [-0.2, -0.15) is 0 Å². The highest BCUT2D eigenvalue weighted by molar-refractivity contribution is 5.80. The number of carbonyl (C=O) groups is 1. The van der Waals surface area contributed by atoms with Crippen LogP contribution in [-0.2, 0) is 20.9 Å². The van der Waals surface area contributed by atoms with Crippen molar-refractivity contribution in [2.24, 2.45) is 11.8 Å². The lowest BCUT2D eigenvalue weighted by atomic mass is 9.75. The molecule has 0 aromatic carbocycles. The maximum absolute atomic E-state index is 12.6. The fourth-order valence-electron chi connectivity index (χ4n) is 4.54. The summed E-state index contributed by atoms with van der Waals surface area (Å²) in [5, 5.41) is 0. The maximum Gasteiger partial charge on any atom is 0.228 e. The van der Waals surface area contributed by atoms with Gasteiger partial charge in [-0.05, 0) is 50.9 Å². The summed E-state index contributed by atoms with van der Waals surface area (Å²) >= 11 is 0. The van der Waals surface area contributed by atoms with Crippen molar-refractivity contribution < 1.29 is 14.3 Å². The predicted molar refractivity (Wildman–Crippen MR) is 97.5 cm³/mol. The van der Waals surface area contributed by atoms with Crippen LogP contribution in [0.2, 0.25) is 0 Å². The van der Waals surface area contributed by atoms with Crippen molar-refractivity contribution in [2.45, 2.75) is 31.4 Å². The Kier molecular flexibility index (Phi) is 5.25. The quantitative estimate of drug-likeness (QED) is 0.799. The fourth-order valence-corrected chi connectivity index (χ4v) is 4.54. The topological polar surface area (TPSA) is 54.9 Å². The van der Waals surface area contributed by atoms with Gasteiger partial charge in [0.15, 0.2) is 0 Å². The Morgan fingerprint density at radius 3 is 3.00 bits per heavy atom. The van der Waals surface area contributed by atoms with E-state index in [1.165, 1.54) is 0 Å². The Morgan fingerprint density at radius 2 is 2.27 bits per heavy atom. The third kappa shape index (κ3) is 3.63. The highest BCUT2D eigenvalue weighted by Gasteiger charge is 2.51. The summed E-state index contributed by atoms with van der Waals surface area (Å²) in [5.41, 5.74) is 1.13. The molecule has 26 heavy (non-hydrogen) atoms. The number of piperidine rings is 1. The van der Waals surface area contributed by atoms with E-state index in [0.29, 0.717) is 19.1 Å². The molecule has 4 rings (SSSR count). The molecule has 0 saturated carbocycles. The average molecular weight is 359 g/mol. The maximum atomic E-state index is 12.6. The van der Waals surface area contributed by atoms with Gasteiger partial charge in [-0.25, -0.2) is 0 Å². The van der Waals surface area contributed by atoms with Crippen LogP contribution in [0.25, 0.3) is 0 Å². The van der Waals surface area contributed by atoms with E-state index in [4.69, 9.17) is 9.47 Å². The molecule has 3 fully saturated rings. The minimum Gasteiger partial charge on any atom is -0.381 e. The summed E-state index contributed by atoms with van der Waals surface area (Å²) in [6, 6.07) is 5.91. The van der Waals surface area contributed by atoms with Crippen LogP contribution < -0.4 is 0 Å². The van der Waals surface area contributed by atoms with Gasteiger partial charge in [-0.3, -0.25) is 14.7 Å². The van der Waals surface area contributed by atoms with Gasteiger partial charge in [-0.1, -0.05) is 6.07 Å². The van der Waals surface area contributed by atoms with Crippen LogP contribution in [0.3, 0.4) is 0 Å². The second-order valence-electron chi connectivity index (χ2n) is 8.10. The van der Waals surface area contributed by atoms with Crippen molar-refractivity contribution in [3.63, 3.8) is 0 Å². The number of hydrogen-bond donors (Lipinski definition) is 0. The van der Waals surface area contributed by atoms with E-state index in [-0.39, 0.29) is 17.4 Å². The summed E-state index contributed by atoms with van der Waals surface area (Å²) < 4.78 is 11.3. The Hall–Kier alpha value is -1.50. The zero-order valence-electron chi connectivity index (χ0n) is 15.6. The number of hydrogen-bond acceptors (Lipinski definition) is 5. The molecule has 1 aromatic heterocycles. The third-order valence-electron chi connectivity index (χ3n) is 6.24. The van der Waals surface area contributed by atoms with Crippen molar-refractivity contribution in [1.29, 1.82) is 0 Å². The standard InChI is InChI=1S/C20H29N3O3/c1-22-8-5-16(11-26-13-18-4-2-3-7-21-18)10-20(22)14-23(15-20)19(24)17-6-9-25-12-17/h2-4,7,16-17H,5-6,8-15H2,1H3/t16-,17-/m1/s1. The van der Waals surface area contributed by atoms with E-state index >= 15 is 0 Å². The van der Waals surface area contributed by atoms with Crippen molar-refractivity contribution in [3.05, 3.63) is 30.1 Å². The molecule has 6 nitrogen and oxygen atoms in total. The highest BCUT2D eigenvalue weighted by Crippen LogP contribution is 2.39. The van der Waals surface area contributed by atoms with E-state index < -0.39 is 0 Å². The van der Waals surface area contributed by atoms with E-state index in [9.17, 15) is 4.79 Å². The number of carbonyl (C=O) groups excluding carboxylic acids is 1. The summed E-state index contributed by atoms with van der Waals surface area (Å²) in [6.07, 6.45) is 4.95. The average Bonchev–Trinajstić information content (AvgIpc) is 3.16. The number of pyridine rings is 1. The van der Waals surface area contributed by atoms with Crippen molar-refractivity contribution in [2.75, 3.05) is 46.5 Å². The van der Waals surface area contributed by atoms with Crippen LogP contribution in [0.5, 0.6) is 0 Å². The van der Waals surface area contributed by atoms with Gasteiger partial charge in [0.25, 0.3) is 0 Å². The molecule has 1 spiro atoms. The number of nitrogens with zero attached hydrogens (tertiary/aromatic N) is 3. The molecule has 3 saturated heterocycles. The zero-order chi connectivity index (χ0) is 18.0. The van der Waals surface area contributed by atoms with Crippen LogP contribution in [0, 0.1) is 11.8 Å². The molecule has 1 amide bonds. The van der Waals surface area contributed by atoms with Crippen LogP contribution >= 0.6 is 0 Å². The fraction of sp³-hybridized carbons (Fsp3) is 0.700. The second-order valence-corrected chi connectivity index (χ2v) is 8.10. The van der Waals surface area contributed by atoms with Gasteiger partial charge in [0.05, 0.1) is 37.0 Å². The molecule has 0 unspecified atom stereocenters. The molecule has 0 N–H and O–H groups in total. The normalized spacial score (nSPS) is 28.3.